The summed E-state index contributed by atoms with van der Waals surface area (Å²) in [6.45, 7) is 0.202. The molecule has 5 aromatic rings. The van der Waals surface area contributed by atoms with Gasteiger partial charge in [-0.25, -0.2) is 4.98 Å². The SMILES string of the molecule is COc1ccc(-c2cc(-c3ccccc3)nc(SCC(=O)N(Cc3ccc(Cl)cc3)c3ccc([N+](=O)[O-])cc3)c2C#N)cc1OC. The fourth-order valence-corrected chi connectivity index (χ4v) is 5.79. The Morgan fingerprint density at radius 3 is 2.26 bits per heavy atom. The average Bonchev–Trinajstić information content (AvgIpc) is 3.10. The zero-order valence-electron chi connectivity index (χ0n) is 24.8. The Labute approximate surface area is 275 Å². The molecule has 11 heteroatoms. The van der Waals surface area contributed by atoms with Crippen molar-refractivity contribution in [2.45, 2.75) is 11.6 Å². The van der Waals surface area contributed by atoms with E-state index in [2.05, 4.69) is 6.07 Å². The van der Waals surface area contributed by atoms with Crippen molar-refractivity contribution in [2.75, 3.05) is 24.9 Å². The maximum atomic E-state index is 13.9. The van der Waals surface area contributed by atoms with Gasteiger partial charge in [0.1, 0.15) is 11.1 Å². The molecule has 0 saturated heterocycles. The number of carbonyl (C=O) groups excluding carboxylic acids is 1. The minimum Gasteiger partial charge on any atom is -0.493 e. The lowest BCUT2D eigenvalue weighted by Crippen LogP contribution is -2.32. The number of carbonyl (C=O) groups is 1. The van der Waals surface area contributed by atoms with E-state index in [0.29, 0.717) is 44.1 Å². The Morgan fingerprint density at radius 2 is 1.63 bits per heavy atom. The molecule has 0 aliphatic heterocycles. The van der Waals surface area contributed by atoms with Crippen LogP contribution < -0.4 is 14.4 Å². The number of methoxy groups -OCH3 is 2. The predicted molar refractivity (Wildman–Crippen MR) is 179 cm³/mol. The van der Waals surface area contributed by atoms with Crippen LogP contribution in [0.4, 0.5) is 11.4 Å². The first-order valence-corrected chi connectivity index (χ1v) is 15.3. The fraction of sp³-hybridized carbons (Fsp3) is 0.114. The van der Waals surface area contributed by atoms with Crippen molar-refractivity contribution < 1.29 is 19.2 Å². The molecule has 0 unspecified atom stereocenters. The van der Waals surface area contributed by atoms with Gasteiger partial charge in [-0.05, 0) is 53.6 Å². The molecule has 0 saturated carbocycles. The maximum Gasteiger partial charge on any atom is 0.269 e. The third-order valence-corrected chi connectivity index (χ3v) is 8.33. The number of nitrogens with zero attached hydrogens (tertiary/aromatic N) is 4. The van der Waals surface area contributed by atoms with Crippen LogP contribution in [0, 0.1) is 21.4 Å². The van der Waals surface area contributed by atoms with E-state index in [9.17, 15) is 20.2 Å². The zero-order valence-corrected chi connectivity index (χ0v) is 26.4. The Bertz CT molecular complexity index is 1910. The second kappa shape index (κ2) is 14.6. The second-order valence-electron chi connectivity index (χ2n) is 9.95. The van der Waals surface area contributed by atoms with E-state index in [-0.39, 0.29) is 23.9 Å². The van der Waals surface area contributed by atoms with Crippen LogP contribution in [0.1, 0.15) is 11.1 Å². The molecule has 0 N–H and O–H groups in total. The summed E-state index contributed by atoms with van der Waals surface area (Å²) in [7, 11) is 3.10. The van der Waals surface area contributed by atoms with Crippen LogP contribution in [-0.4, -0.2) is 35.8 Å². The van der Waals surface area contributed by atoms with E-state index < -0.39 is 4.92 Å². The molecule has 4 aromatic carbocycles. The quantitative estimate of drug-likeness (QED) is 0.0797. The number of nitro benzene ring substituents is 1. The number of hydrogen-bond acceptors (Lipinski definition) is 8. The predicted octanol–water partition coefficient (Wildman–Crippen LogP) is 8.19. The van der Waals surface area contributed by atoms with E-state index in [1.165, 1.54) is 12.1 Å². The molecule has 0 aliphatic carbocycles. The largest absolute Gasteiger partial charge is 0.493 e. The summed E-state index contributed by atoms with van der Waals surface area (Å²) in [5.41, 5.74) is 4.36. The molecular formula is C35H27ClN4O5S. The van der Waals surface area contributed by atoms with Crippen LogP contribution in [0.2, 0.25) is 5.02 Å². The number of aromatic nitrogens is 1. The van der Waals surface area contributed by atoms with Gasteiger partial charge in [-0.1, -0.05) is 71.9 Å². The molecule has 230 valence electrons. The highest BCUT2D eigenvalue weighted by Crippen LogP contribution is 2.38. The summed E-state index contributed by atoms with van der Waals surface area (Å²) in [4.78, 5) is 31.0. The van der Waals surface area contributed by atoms with Crippen LogP contribution in [0.25, 0.3) is 22.4 Å². The number of pyridine rings is 1. The monoisotopic (exact) mass is 650 g/mol. The normalized spacial score (nSPS) is 10.6. The average molecular weight is 651 g/mol. The van der Waals surface area contributed by atoms with Gasteiger partial charge in [-0.15, -0.1) is 0 Å². The molecule has 0 bridgehead atoms. The summed E-state index contributed by atoms with van der Waals surface area (Å²) in [5, 5.41) is 22.6. The van der Waals surface area contributed by atoms with Crippen LogP contribution in [0.15, 0.2) is 108 Å². The molecule has 0 atom stereocenters. The highest BCUT2D eigenvalue weighted by atomic mass is 35.5. The van der Waals surface area contributed by atoms with Gasteiger partial charge >= 0.3 is 0 Å². The molecule has 5 rings (SSSR count). The fourth-order valence-electron chi connectivity index (χ4n) is 4.78. The Kier molecular flexibility index (Phi) is 10.2. The summed E-state index contributed by atoms with van der Waals surface area (Å²) < 4.78 is 10.9. The summed E-state index contributed by atoms with van der Waals surface area (Å²) >= 11 is 7.22. The molecule has 1 amide bonds. The highest BCUT2D eigenvalue weighted by molar-refractivity contribution is 8.00. The number of ether oxygens (including phenoxy) is 2. The molecule has 0 fully saturated rings. The van der Waals surface area contributed by atoms with Crippen molar-refractivity contribution >= 4 is 40.6 Å². The van der Waals surface area contributed by atoms with Crippen molar-refractivity contribution in [3.05, 3.63) is 129 Å². The topological polar surface area (TPSA) is 119 Å². The van der Waals surface area contributed by atoms with Crippen molar-refractivity contribution in [3.8, 4) is 40.0 Å². The van der Waals surface area contributed by atoms with Crippen molar-refractivity contribution in [1.29, 1.82) is 5.26 Å². The van der Waals surface area contributed by atoms with Crippen molar-refractivity contribution in [1.82, 2.24) is 4.98 Å². The Balaban J connectivity index is 1.53. The summed E-state index contributed by atoms with van der Waals surface area (Å²) in [6.07, 6.45) is 0. The molecule has 0 spiro atoms. The van der Waals surface area contributed by atoms with Crippen LogP contribution in [0.5, 0.6) is 11.5 Å². The smallest absolute Gasteiger partial charge is 0.269 e. The first-order chi connectivity index (χ1) is 22.3. The van der Waals surface area contributed by atoms with E-state index in [1.54, 1.807) is 55.5 Å². The lowest BCUT2D eigenvalue weighted by molar-refractivity contribution is -0.384. The molecule has 0 aliphatic rings. The summed E-state index contributed by atoms with van der Waals surface area (Å²) in [5.74, 6) is 0.717. The highest BCUT2D eigenvalue weighted by Gasteiger charge is 2.22. The first-order valence-electron chi connectivity index (χ1n) is 14.0. The van der Waals surface area contributed by atoms with E-state index in [4.69, 9.17) is 26.1 Å². The lowest BCUT2D eigenvalue weighted by atomic mass is 9.99. The van der Waals surface area contributed by atoms with Gasteiger partial charge in [0.05, 0.1) is 42.7 Å². The third kappa shape index (κ3) is 7.29. The Hall–Kier alpha value is -5.37. The Morgan fingerprint density at radius 1 is 0.935 bits per heavy atom. The lowest BCUT2D eigenvalue weighted by Gasteiger charge is -2.23. The number of nitriles is 1. The minimum absolute atomic E-state index is 0.0596. The number of nitro groups is 1. The number of amides is 1. The van der Waals surface area contributed by atoms with Gasteiger partial charge in [-0.2, -0.15) is 5.26 Å². The maximum absolute atomic E-state index is 13.9. The number of non-ortho nitro benzene ring substituents is 1. The molecular weight excluding hydrogens is 624 g/mol. The molecule has 0 radical (unpaired) electrons. The number of hydrogen-bond donors (Lipinski definition) is 0. The van der Waals surface area contributed by atoms with Crippen LogP contribution >= 0.6 is 23.4 Å². The van der Waals surface area contributed by atoms with Crippen LogP contribution in [0.3, 0.4) is 0 Å². The van der Waals surface area contributed by atoms with Gasteiger partial charge in [0.25, 0.3) is 5.69 Å². The molecule has 1 heterocycles. The standard InChI is InChI=1S/C35H27ClN4O5S/c1-44-32-17-10-25(18-33(32)45-2)29-19-31(24-6-4-3-5-7-24)38-35(30(29)20-37)46-22-34(41)39(21-23-8-11-26(36)12-9-23)27-13-15-28(16-14-27)40(42)43/h3-19H,21-22H2,1-2H3. The number of anilines is 1. The summed E-state index contributed by atoms with van der Waals surface area (Å²) in [6, 6.07) is 32.0. The first kappa shape index (κ1) is 32.0. The molecule has 46 heavy (non-hydrogen) atoms. The molecule has 1 aromatic heterocycles. The number of halogens is 1. The minimum atomic E-state index is -0.490. The van der Waals surface area contributed by atoms with Gasteiger partial charge in [-0.3, -0.25) is 14.9 Å². The molecule has 9 nitrogen and oxygen atoms in total. The van der Waals surface area contributed by atoms with E-state index in [0.717, 1.165) is 28.5 Å². The van der Waals surface area contributed by atoms with Gasteiger partial charge in [0, 0.05) is 34.0 Å². The zero-order chi connectivity index (χ0) is 32.6. The number of thioether (sulfide) groups is 1. The van der Waals surface area contributed by atoms with Crippen LogP contribution in [-0.2, 0) is 11.3 Å². The van der Waals surface area contributed by atoms with Gasteiger partial charge < -0.3 is 14.4 Å². The van der Waals surface area contributed by atoms with Crippen molar-refractivity contribution in [2.24, 2.45) is 0 Å². The van der Waals surface area contributed by atoms with E-state index >= 15 is 0 Å². The van der Waals surface area contributed by atoms with Gasteiger partial charge in [0.2, 0.25) is 5.91 Å². The second-order valence-corrected chi connectivity index (χ2v) is 11.4. The number of benzene rings is 4. The third-order valence-electron chi connectivity index (χ3n) is 7.12. The number of rotatable bonds is 11. The van der Waals surface area contributed by atoms with Crippen molar-refractivity contribution in [3.63, 3.8) is 0 Å². The van der Waals surface area contributed by atoms with E-state index in [1.807, 2.05) is 54.6 Å². The van der Waals surface area contributed by atoms with Gasteiger partial charge in [0.15, 0.2) is 11.5 Å².